The first kappa shape index (κ1) is 14.9. The fourth-order valence-electron chi connectivity index (χ4n) is 1.75. The zero-order valence-electron chi connectivity index (χ0n) is 12.5. The van der Waals surface area contributed by atoms with Crippen molar-refractivity contribution >= 4 is 0 Å². The van der Waals surface area contributed by atoms with Gasteiger partial charge >= 0.3 is 0 Å². The molecule has 1 nitrogen and oxygen atoms in total. The maximum absolute atomic E-state index is 5.58. The molecule has 0 aromatic heterocycles. The van der Waals surface area contributed by atoms with Gasteiger partial charge in [0.05, 0.1) is 0 Å². The summed E-state index contributed by atoms with van der Waals surface area (Å²) in [5.74, 6) is 1.74. The van der Waals surface area contributed by atoms with Crippen LogP contribution < -0.4 is 4.74 Å². The highest BCUT2D eigenvalue weighted by Crippen LogP contribution is 2.19. The molecule has 0 aliphatic carbocycles. The maximum Gasteiger partial charge on any atom is 0.127 e. The molecule has 0 aliphatic heterocycles. The highest BCUT2D eigenvalue weighted by atomic mass is 16.5. The van der Waals surface area contributed by atoms with Gasteiger partial charge in [0, 0.05) is 0 Å². The molecule has 0 bridgehead atoms. The molecule has 0 atom stereocenters. The van der Waals surface area contributed by atoms with Gasteiger partial charge in [-0.15, -0.1) is 0 Å². The van der Waals surface area contributed by atoms with Gasteiger partial charge in [-0.25, -0.2) is 0 Å². The minimum Gasteiger partial charge on any atom is -0.457 e. The Morgan fingerprint density at radius 3 is 1.14 bits per heavy atom. The van der Waals surface area contributed by atoms with E-state index in [-0.39, 0.29) is 0 Å². The monoisotopic (exact) mass is 276 g/mol. The molecular formula is C20H20O. The van der Waals surface area contributed by atoms with Gasteiger partial charge in [0.2, 0.25) is 0 Å². The van der Waals surface area contributed by atoms with E-state index in [2.05, 4.69) is 38.1 Å². The molecule has 0 saturated heterocycles. The summed E-state index contributed by atoms with van der Waals surface area (Å²) >= 11 is 0. The van der Waals surface area contributed by atoms with Crippen LogP contribution in [0.2, 0.25) is 0 Å². The second-order valence-corrected chi connectivity index (χ2v) is 4.88. The molecule has 21 heavy (non-hydrogen) atoms. The lowest BCUT2D eigenvalue weighted by molar-refractivity contribution is 0.482. The topological polar surface area (TPSA) is 9.23 Å². The Hall–Kier alpha value is -2.54. The molecule has 0 amide bonds. The van der Waals surface area contributed by atoms with Crippen LogP contribution in [0.1, 0.15) is 11.1 Å². The highest BCUT2D eigenvalue weighted by Gasteiger charge is 1.92. The van der Waals surface area contributed by atoms with E-state index in [0.717, 1.165) is 11.5 Å². The molecule has 1 heteroatoms. The lowest BCUT2D eigenvalue weighted by Gasteiger charge is -2.03. The Morgan fingerprint density at radius 2 is 0.810 bits per heavy atom. The van der Waals surface area contributed by atoms with E-state index in [9.17, 15) is 0 Å². The van der Waals surface area contributed by atoms with Crippen molar-refractivity contribution < 1.29 is 4.74 Å². The van der Waals surface area contributed by atoms with Gasteiger partial charge < -0.3 is 4.74 Å². The van der Waals surface area contributed by atoms with Crippen molar-refractivity contribution in [3.05, 3.63) is 96.1 Å². The van der Waals surface area contributed by atoms with Crippen LogP contribution in [0.15, 0.2) is 84.9 Å². The summed E-state index contributed by atoms with van der Waals surface area (Å²) in [6, 6.07) is 28.0. The van der Waals surface area contributed by atoms with E-state index in [1.165, 1.54) is 11.1 Å². The number of hydrogen-bond donors (Lipinski definition) is 0. The van der Waals surface area contributed by atoms with E-state index in [0.29, 0.717) is 0 Å². The van der Waals surface area contributed by atoms with Gasteiger partial charge in [-0.3, -0.25) is 0 Å². The van der Waals surface area contributed by atoms with Gasteiger partial charge in [-0.1, -0.05) is 71.8 Å². The summed E-state index contributed by atoms with van der Waals surface area (Å²) in [7, 11) is 0. The fraction of sp³-hybridized carbons (Fsp3) is 0.100. The summed E-state index contributed by atoms with van der Waals surface area (Å²) in [6.45, 7) is 4.19. The SMILES string of the molecule is Cc1ccc(C)cc1.c1ccc(Oc2ccccc2)cc1. The Bertz CT molecular complexity index is 569. The second-order valence-electron chi connectivity index (χ2n) is 4.88. The molecule has 0 spiro atoms. The molecule has 0 saturated carbocycles. The molecule has 3 aromatic carbocycles. The van der Waals surface area contributed by atoms with Crippen LogP contribution in [0.4, 0.5) is 0 Å². The van der Waals surface area contributed by atoms with Crippen LogP contribution in [0.25, 0.3) is 0 Å². The quantitative estimate of drug-likeness (QED) is 0.576. The van der Waals surface area contributed by atoms with E-state index < -0.39 is 0 Å². The summed E-state index contributed by atoms with van der Waals surface area (Å²) in [4.78, 5) is 0. The first-order valence-electron chi connectivity index (χ1n) is 7.05. The third-order valence-corrected chi connectivity index (χ3v) is 2.94. The molecule has 0 unspecified atom stereocenters. The summed E-state index contributed by atoms with van der Waals surface area (Å²) in [5.41, 5.74) is 2.66. The van der Waals surface area contributed by atoms with Crippen LogP contribution in [0, 0.1) is 13.8 Å². The molecular weight excluding hydrogens is 256 g/mol. The number of aryl methyl sites for hydroxylation is 2. The predicted octanol–water partition coefficient (Wildman–Crippen LogP) is 5.78. The van der Waals surface area contributed by atoms with E-state index in [4.69, 9.17) is 4.74 Å². The normalized spacial score (nSPS) is 9.43. The largest absolute Gasteiger partial charge is 0.457 e. The molecule has 0 N–H and O–H groups in total. The lowest BCUT2D eigenvalue weighted by atomic mass is 10.2. The highest BCUT2D eigenvalue weighted by molar-refractivity contribution is 5.30. The Labute approximate surface area is 126 Å². The Balaban J connectivity index is 0.000000173. The van der Waals surface area contributed by atoms with Gasteiger partial charge in [0.25, 0.3) is 0 Å². The van der Waals surface area contributed by atoms with Crippen molar-refractivity contribution in [3.63, 3.8) is 0 Å². The van der Waals surface area contributed by atoms with E-state index in [1.54, 1.807) is 0 Å². The lowest BCUT2D eigenvalue weighted by Crippen LogP contribution is -1.81. The van der Waals surface area contributed by atoms with Gasteiger partial charge in [-0.2, -0.15) is 0 Å². The van der Waals surface area contributed by atoms with E-state index in [1.807, 2.05) is 60.7 Å². The van der Waals surface area contributed by atoms with Crippen LogP contribution >= 0.6 is 0 Å². The number of hydrogen-bond acceptors (Lipinski definition) is 1. The Kier molecular flexibility index (Phi) is 5.60. The van der Waals surface area contributed by atoms with Crippen molar-refractivity contribution in [3.8, 4) is 11.5 Å². The second kappa shape index (κ2) is 7.91. The van der Waals surface area contributed by atoms with Crippen molar-refractivity contribution in [2.24, 2.45) is 0 Å². The average molecular weight is 276 g/mol. The predicted molar refractivity (Wildman–Crippen MR) is 88.9 cm³/mol. The van der Waals surface area contributed by atoms with Crippen LogP contribution in [0.5, 0.6) is 11.5 Å². The number of rotatable bonds is 2. The summed E-state index contributed by atoms with van der Waals surface area (Å²) in [6.07, 6.45) is 0. The molecule has 0 aliphatic rings. The molecule has 0 heterocycles. The zero-order chi connectivity index (χ0) is 14.9. The maximum atomic E-state index is 5.58. The molecule has 0 radical (unpaired) electrons. The number of ether oxygens (including phenoxy) is 1. The number of benzene rings is 3. The van der Waals surface area contributed by atoms with Crippen LogP contribution in [0.3, 0.4) is 0 Å². The first-order chi connectivity index (χ1) is 10.2. The van der Waals surface area contributed by atoms with Gasteiger partial charge in [0.1, 0.15) is 11.5 Å². The minimum absolute atomic E-state index is 0.869. The summed E-state index contributed by atoms with van der Waals surface area (Å²) < 4.78 is 5.58. The third-order valence-electron chi connectivity index (χ3n) is 2.94. The molecule has 3 rings (SSSR count). The first-order valence-corrected chi connectivity index (χ1v) is 7.05. The van der Waals surface area contributed by atoms with Crippen molar-refractivity contribution in [2.45, 2.75) is 13.8 Å². The minimum atomic E-state index is 0.869. The van der Waals surface area contributed by atoms with Crippen molar-refractivity contribution in [1.29, 1.82) is 0 Å². The molecule has 106 valence electrons. The fourth-order valence-corrected chi connectivity index (χ4v) is 1.75. The third kappa shape index (κ3) is 5.53. The van der Waals surface area contributed by atoms with Gasteiger partial charge in [0.15, 0.2) is 0 Å². The smallest absolute Gasteiger partial charge is 0.127 e. The van der Waals surface area contributed by atoms with Crippen molar-refractivity contribution in [1.82, 2.24) is 0 Å². The summed E-state index contributed by atoms with van der Waals surface area (Å²) in [5, 5.41) is 0. The zero-order valence-corrected chi connectivity index (χ0v) is 12.5. The molecule has 0 fully saturated rings. The average Bonchev–Trinajstić information content (AvgIpc) is 2.53. The standard InChI is InChI=1S/C12H10O.C8H10/c1-3-7-11(8-4-1)13-12-9-5-2-6-10-12;1-7-3-5-8(2)6-4-7/h1-10H;3-6H,1-2H3. The number of para-hydroxylation sites is 2. The van der Waals surface area contributed by atoms with E-state index >= 15 is 0 Å². The Morgan fingerprint density at radius 1 is 0.476 bits per heavy atom. The van der Waals surface area contributed by atoms with Crippen LogP contribution in [-0.2, 0) is 0 Å². The molecule has 3 aromatic rings. The van der Waals surface area contributed by atoms with Gasteiger partial charge in [-0.05, 0) is 38.1 Å². The van der Waals surface area contributed by atoms with Crippen molar-refractivity contribution in [2.75, 3.05) is 0 Å². The van der Waals surface area contributed by atoms with Crippen LogP contribution in [-0.4, -0.2) is 0 Å².